The first-order valence-corrected chi connectivity index (χ1v) is 7.25. The number of unbranched alkanes of at least 4 members (excludes halogenated alkanes) is 3. The molecule has 18 heavy (non-hydrogen) atoms. The molecule has 0 spiro atoms. The number of hydrogen-bond donors (Lipinski definition) is 2. The maximum absolute atomic E-state index is 9.85. The van der Waals surface area contributed by atoms with Crippen LogP contribution in [0.4, 0.5) is 5.69 Å². The average molecular weight is 249 g/mol. The maximum atomic E-state index is 9.85. The molecule has 3 N–H and O–H groups in total. The van der Waals surface area contributed by atoms with Gasteiger partial charge in [-0.25, -0.2) is 0 Å². The van der Waals surface area contributed by atoms with Gasteiger partial charge in [0.25, 0.3) is 0 Å². The number of rotatable bonds is 9. The molecule has 102 valence electrons. The minimum atomic E-state index is -0.115. The molecule has 0 bridgehead atoms. The predicted octanol–water partition coefficient (Wildman–Crippen LogP) is 3.92. The summed E-state index contributed by atoms with van der Waals surface area (Å²) in [4.78, 5) is 0. The zero-order valence-corrected chi connectivity index (χ0v) is 11.6. The highest BCUT2D eigenvalue weighted by molar-refractivity contribution is 5.39. The Morgan fingerprint density at radius 3 is 2.33 bits per heavy atom. The van der Waals surface area contributed by atoms with Gasteiger partial charge in [0.2, 0.25) is 0 Å². The zero-order valence-electron chi connectivity index (χ0n) is 11.6. The Morgan fingerprint density at radius 2 is 1.67 bits per heavy atom. The SMILES string of the molecule is CCCCCCC(O)CCCc1ccc(N)cc1. The predicted molar refractivity (Wildman–Crippen MR) is 78.6 cm³/mol. The van der Waals surface area contributed by atoms with E-state index < -0.39 is 0 Å². The fourth-order valence-electron chi connectivity index (χ4n) is 2.18. The molecule has 0 aliphatic carbocycles. The summed E-state index contributed by atoms with van der Waals surface area (Å²) < 4.78 is 0. The summed E-state index contributed by atoms with van der Waals surface area (Å²) in [5.74, 6) is 0. The molecule has 2 heteroatoms. The van der Waals surface area contributed by atoms with E-state index in [1.165, 1.54) is 24.8 Å². The molecule has 1 rings (SSSR count). The van der Waals surface area contributed by atoms with E-state index in [-0.39, 0.29) is 6.10 Å². The van der Waals surface area contributed by atoms with Gasteiger partial charge in [-0.15, -0.1) is 0 Å². The van der Waals surface area contributed by atoms with Crippen LogP contribution in [0.2, 0.25) is 0 Å². The van der Waals surface area contributed by atoms with Crippen LogP contribution < -0.4 is 5.73 Å². The number of aliphatic hydroxyl groups excluding tert-OH is 1. The number of anilines is 1. The van der Waals surface area contributed by atoms with Gasteiger partial charge in [-0.3, -0.25) is 0 Å². The van der Waals surface area contributed by atoms with Crippen LogP contribution in [0.15, 0.2) is 24.3 Å². The van der Waals surface area contributed by atoms with Crippen molar-refractivity contribution in [1.29, 1.82) is 0 Å². The van der Waals surface area contributed by atoms with Crippen molar-refractivity contribution < 1.29 is 5.11 Å². The smallest absolute Gasteiger partial charge is 0.0540 e. The summed E-state index contributed by atoms with van der Waals surface area (Å²) in [7, 11) is 0. The van der Waals surface area contributed by atoms with E-state index in [1.807, 2.05) is 12.1 Å². The molecule has 1 aromatic carbocycles. The molecule has 0 fully saturated rings. The molecular weight excluding hydrogens is 222 g/mol. The molecule has 0 radical (unpaired) electrons. The van der Waals surface area contributed by atoms with Crippen molar-refractivity contribution in [3.63, 3.8) is 0 Å². The Labute approximate surface area is 111 Å². The van der Waals surface area contributed by atoms with Crippen molar-refractivity contribution in [2.45, 2.75) is 64.4 Å². The molecule has 2 nitrogen and oxygen atoms in total. The van der Waals surface area contributed by atoms with Crippen LogP contribution in [0.5, 0.6) is 0 Å². The van der Waals surface area contributed by atoms with E-state index in [9.17, 15) is 5.11 Å². The maximum Gasteiger partial charge on any atom is 0.0540 e. The van der Waals surface area contributed by atoms with E-state index >= 15 is 0 Å². The van der Waals surface area contributed by atoms with Gasteiger partial charge in [0, 0.05) is 5.69 Å². The first kappa shape index (κ1) is 15.0. The van der Waals surface area contributed by atoms with Gasteiger partial charge in [-0.1, -0.05) is 44.7 Å². The van der Waals surface area contributed by atoms with Crippen molar-refractivity contribution in [3.05, 3.63) is 29.8 Å². The second-order valence-corrected chi connectivity index (χ2v) is 5.14. The monoisotopic (exact) mass is 249 g/mol. The molecular formula is C16H27NO. The highest BCUT2D eigenvalue weighted by Gasteiger charge is 2.03. The molecule has 0 aromatic heterocycles. The second kappa shape index (κ2) is 8.98. The first-order chi connectivity index (χ1) is 8.72. The van der Waals surface area contributed by atoms with Crippen LogP contribution in [0.25, 0.3) is 0 Å². The number of hydrogen-bond acceptors (Lipinski definition) is 2. The lowest BCUT2D eigenvalue weighted by Gasteiger charge is -2.10. The van der Waals surface area contributed by atoms with Crippen LogP contribution in [-0.2, 0) is 6.42 Å². The van der Waals surface area contributed by atoms with Crippen LogP contribution in [0.3, 0.4) is 0 Å². The van der Waals surface area contributed by atoms with Gasteiger partial charge in [0.15, 0.2) is 0 Å². The average Bonchev–Trinajstić information content (AvgIpc) is 2.37. The number of nitrogens with two attached hydrogens (primary N) is 1. The van der Waals surface area contributed by atoms with Gasteiger partial charge in [-0.2, -0.15) is 0 Å². The lowest BCUT2D eigenvalue weighted by atomic mass is 10.0. The molecule has 0 heterocycles. The molecule has 1 aromatic rings. The van der Waals surface area contributed by atoms with Crippen LogP contribution in [0, 0.1) is 0 Å². The Kier molecular flexibility index (Phi) is 7.51. The van der Waals surface area contributed by atoms with Crippen LogP contribution >= 0.6 is 0 Å². The highest BCUT2D eigenvalue weighted by atomic mass is 16.3. The number of nitrogen functional groups attached to an aromatic ring is 1. The lowest BCUT2D eigenvalue weighted by Crippen LogP contribution is -2.06. The largest absolute Gasteiger partial charge is 0.399 e. The molecule has 0 saturated carbocycles. The van der Waals surface area contributed by atoms with Crippen molar-refractivity contribution >= 4 is 5.69 Å². The summed E-state index contributed by atoms with van der Waals surface area (Å²) in [5.41, 5.74) is 7.77. The minimum Gasteiger partial charge on any atom is -0.399 e. The normalized spacial score (nSPS) is 12.6. The van der Waals surface area contributed by atoms with Crippen molar-refractivity contribution in [2.24, 2.45) is 0 Å². The third-order valence-corrected chi connectivity index (χ3v) is 3.37. The lowest BCUT2D eigenvalue weighted by molar-refractivity contribution is 0.148. The summed E-state index contributed by atoms with van der Waals surface area (Å²) in [6, 6.07) is 8.03. The van der Waals surface area contributed by atoms with E-state index in [0.29, 0.717) is 0 Å². The number of aliphatic hydroxyl groups is 1. The minimum absolute atomic E-state index is 0.115. The van der Waals surface area contributed by atoms with Gasteiger partial charge in [-0.05, 0) is 43.4 Å². The van der Waals surface area contributed by atoms with E-state index in [4.69, 9.17) is 5.73 Å². The summed E-state index contributed by atoms with van der Waals surface area (Å²) in [5, 5.41) is 9.85. The Morgan fingerprint density at radius 1 is 1.00 bits per heavy atom. The Balaban J connectivity index is 2.07. The summed E-state index contributed by atoms with van der Waals surface area (Å²) in [6.07, 6.45) is 8.81. The molecule has 0 aliphatic heterocycles. The Bertz CT molecular complexity index is 307. The number of aryl methyl sites for hydroxylation is 1. The van der Waals surface area contributed by atoms with Crippen molar-refractivity contribution in [1.82, 2.24) is 0 Å². The van der Waals surface area contributed by atoms with Gasteiger partial charge >= 0.3 is 0 Å². The van der Waals surface area contributed by atoms with E-state index in [2.05, 4.69) is 19.1 Å². The van der Waals surface area contributed by atoms with Gasteiger partial charge in [0.1, 0.15) is 0 Å². The highest BCUT2D eigenvalue weighted by Crippen LogP contribution is 2.13. The van der Waals surface area contributed by atoms with Crippen molar-refractivity contribution in [2.75, 3.05) is 5.73 Å². The third kappa shape index (κ3) is 6.65. The fourth-order valence-corrected chi connectivity index (χ4v) is 2.18. The van der Waals surface area contributed by atoms with Crippen LogP contribution in [-0.4, -0.2) is 11.2 Å². The van der Waals surface area contributed by atoms with Crippen molar-refractivity contribution in [3.8, 4) is 0 Å². The number of benzene rings is 1. The Hall–Kier alpha value is -1.02. The van der Waals surface area contributed by atoms with Gasteiger partial charge in [0.05, 0.1) is 6.10 Å². The topological polar surface area (TPSA) is 46.2 Å². The second-order valence-electron chi connectivity index (χ2n) is 5.14. The molecule has 1 atom stereocenters. The summed E-state index contributed by atoms with van der Waals surface area (Å²) >= 11 is 0. The van der Waals surface area contributed by atoms with Gasteiger partial charge < -0.3 is 10.8 Å². The van der Waals surface area contributed by atoms with E-state index in [1.54, 1.807) is 0 Å². The summed E-state index contributed by atoms with van der Waals surface area (Å²) in [6.45, 7) is 2.21. The molecule has 0 aliphatic rings. The zero-order chi connectivity index (χ0) is 13.2. The fraction of sp³-hybridized carbons (Fsp3) is 0.625. The quantitative estimate of drug-likeness (QED) is 0.514. The van der Waals surface area contributed by atoms with Crippen LogP contribution in [0.1, 0.15) is 57.4 Å². The molecule has 0 amide bonds. The van der Waals surface area contributed by atoms with E-state index in [0.717, 1.165) is 37.8 Å². The standard InChI is InChI=1S/C16H27NO/c1-2-3-4-5-8-16(18)9-6-7-14-10-12-15(17)13-11-14/h10-13,16,18H,2-9,17H2,1H3. The third-order valence-electron chi connectivity index (χ3n) is 3.37. The molecule has 0 saturated heterocycles. The molecule has 1 unspecified atom stereocenters. The first-order valence-electron chi connectivity index (χ1n) is 7.25.